The van der Waals surface area contributed by atoms with Gasteiger partial charge in [0.1, 0.15) is 0 Å². The maximum absolute atomic E-state index is 12.1. The number of carbonyl (C=O) groups is 1. The zero-order valence-corrected chi connectivity index (χ0v) is 13.0. The molecule has 6 heteroatoms. The third-order valence-corrected chi connectivity index (χ3v) is 4.10. The van der Waals surface area contributed by atoms with Crippen molar-refractivity contribution in [2.24, 2.45) is 0 Å². The monoisotopic (exact) mass is 347 g/mol. The number of nitrogens with zero attached hydrogens (tertiary/aromatic N) is 2. The standard InChI is InChI=1S/C14H10BrN3OS/c1-8-2-3-11-12(4-8)20-14(17-11)18-13(19)9-5-10(15)7-16-6-9/h2-7H,1H3,(H,17,18,19). The van der Waals surface area contributed by atoms with Crippen molar-refractivity contribution in [3.63, 3.8) is 0 Å². The molecule has 20 heavy (non-hydrogen) atoms. The zero-order valence-electron chi connectivity index (χ0n) is 10.6. The predicted molar refractivity (Wildman–Crippen MR) is 84.2 cm³/mol. The van der Waals surface area contributed by atoms with Gasteiger partial charge in [-0.15, -0.1) is 0 Å². The third kappa shape index (κ3) is 2.71. The summed E-state index contributed by atoms with van der Waals surface area (Å²) in [6.45, 7) is 2.03. The van der Waals surface area contributed by atoms with E-state index in [1.54, 1.807) is 12.3 Å². The SMILES string of the molecule is Cc1ccc2nc(NC(=O)c3cncc(Br)c3)sc2c1. The van der Waals surface area contributed by atoms with Crippen LogP contribution in [0.15, 0.2) is 41.1 Å². The van der Waals surface area contributed by atoms with Gasteiger partial charge in [-0.3, -0.25) is 15.1 Å². The minimum absolute atomic E-state index is 0.213. The lowest BCUT2D eigenvalue weighted by atomic mass is 10.2. The third-order valence-electron chi connectivity index (χ3n) is 2.73. The summed E-state index contributed by atoms with van der Waals surface area (Å²) in [5, 5.41) is 3.40. The summed E-state index contributed by atoms with van der Waals surface area (Å²) in [6, 6.07) is 7.74. The number of carbonyl (C=O) groups excluding carboxylic acids is 1. The summed E-state index contributed by atoms with van der Waals surface area (Å²) >= 11 is 4.76. The molecule has 0 atom stereocenters. The molecule has 0 saturated heterocycles. The Hall–Kier alpha value is -1.79. The van der Waals surface area contributed by atoms with Gasteiger partial charge in [0.15, 0.2) is 5.13 Å². The van der Waals surface area contributed by atoms with Gasteiger partial charge >= 0.3 is 0 Å². The molecular formula is C14H10BrN3OS. The summed E-state index contributed by atoms with van der Waals surface area (Å²) in [4.78, 5) is 20.5. The van der Waals surface area contributed by atoms with Crippen LogP contribution in [0, 0.1) is 6.92 Å². The van der Waals surface area contributed by atoms with Crippen LogP contribution in [-0.2, 0) is 0 Å². The van der Waals surface area contributed by atoms with Crippen LogP contribution in [0.2, 0.25) is 0 Å². The number of aromatic nitrogens is 2. The minimum Gasteiger partial charge on any atom is -0.298 e. The van der Waals surface area contributed by atoms with E-state index in [1.807, 2.05) is 19.1 Å². The molecule has 3 rings (SSSR count). The van der Waals surface area contributed by atoms with E-state index < -0.39 is 0 Å². The molecule has 0 bridgehead atoms. The van der Waals surface area contributed by atoms with Gasteiger partial charge in [0.2, 0.25) is 0 Å². The van der Waals surface area contributed by atoms with Crippen LogP contribution in [0.25, 0.3) is 10.2 Å². The fraction of sp³-hybridized carbons (Fsp3) is 0.0714. The van der Waals surface area contributed by atoms with Gasteiger partial charge in [-0.2, -0.15) is 0 Å². The number of pyridine rings is 1. The first-order valence-corrected chi connectivity index (χ1v) is 7.52. The highest BCUT2D eigenvalue weighted by atomic mass is 79.9. The number of anilines is 1. The smallest absolute Gasteiger partial charge is 0.259 e. The van der Waals surface area contributed by atoms with Gasteiger partial charge in [0.05, 0.1) is 15.8 Å². The highest BCUT2D eigenvalue weighted by molar-refractivity contribution is 9.10. The first-order valence-electron chi connectivity index (χ1n) is 5.91. The molecule has 0 unspecified atom stereocenters. The van der Waals surface area contributed by atoms with Gasteiger partial charge in [0, 0.05) is 16.9 Å². The summed E-state index contributed by atoms with van der Waals surface area (Å²) in [5.41, 5.74) is 2.56. The maximum atomic E-state index is 12.1. The van der Waals surface area contributed by atoms with Crippen molar-refractivity contribution in [2.45, 2.75) is 6.92 Å². The number of halogens is 1. The van der Waals surface area contributed by atoms with E-state index in [1.165, 1.54) is 23.1 Å². The van der Waals surface area contributed by atoms with E-state index in [0.717, 1.165) is 14.7 Å². The molecule has 0 aliphatic carbocycles. The Morgan fingerprint density at radius 1 is 1.30 bits per heavy atom. The number of amides is 1. The fourth-order valence-electron chi connectivity index (χ4n) is 1.79. The normalized spacial score (nSPS) is 10.7. The molecule has 100 valence electrons. The second-order valence-electron chi connectivity index (χ2n) is 4.34. The molecule has 0 fully saturated rings. The van der Waals surface area contributed by atoms with E-state index in [9.17, 15) is 4.79 Å². The van der Waals surface area contributed by atoms with Crippen molar-refractivity contribution in [3.05, 3.63) is 52.3 Å². The second kappa shape index (κ2) is 5.30. The Morgan fingerprint density at radius 2 is 2.15 bits per heavy atom. The summed E-state index contributed by atoms with van der Waals surface area (Å²) in [7, 11) is 0. The second-order valence-corrected chi connectivity index (χ2v) is 6.28. The quantitative estimate of drug-likeness (QED) is 0.761. The van der Waals surface area contributed by atoms with Gasteiger partial charge in [-0.05, 0) is 46.6 Å². The maximum Gasteiger partial charge on any atom is 0.259 e. The molecule has 0 aliphatic heterocycles. The van der Waals surface area contributed by atoms with Crippen molar-refractivity contribution < 1.29 is 4.79 Å². The fourth-order valence-corrected chi connectivity index (χ4v) is 3.11. The lowest BCUT2D eigenvalue weighted by Crippen LogP contribution is -2.11. The molecule has 2 aromatic heterocycles. The first-order chi connectivity index (χ1) is 9.61. The zero-order chi connectivity index (χ0) is 14.1. The molecule has 0 saturated carbocycles. The average Bonchev–Trinajstić information content (AvgIpc) is 2.80. The van der Waals surface area contributed by atoms with E-state index in [0.29, 0.717) is 10.7 Å². The predicted octanol–water partition coefficient (Wildman–Crippen LogP) is 4.01. The Morgan fingerprint density at radius 3 is 2.95 bits per heavy atom. The largest absolute Gasteiger partial charge is 0.298 e. The molecule has 1 amide bonds. The van der Waals surface area contributed by atoms with Crippen molar-refractivity contribution in [1.29, 1.82) is 0 Å². The Kier molecular flexibility index (Phi) is 3.50. The van der Waals surface area contributed by atoms with Crippen LogP contribution in [-0.4, -0.2) is 15.9 Å². The van der Waals surface area contributed by atoms with E-state index >= 15 is 0 Å². The summed E-state index contributed by atoms with van der Waals surface area (Å²) in [5.74, 6) is -0.213. The van der Waals surface area contributed by atoms with Gasteiger partial charge in [-0.25, -0.2) is 4.98 Å². The highest BCUT2D eigenvalue weighted by Gasteiger charge is 2.10. The van der Waals surface area contributed by atoms with Crippen LogP contribution in [0.3, 0.4) is 0 Å². The van der Waals surface area contributed by atoms with Crippen LogP contribution >= 0.6 is 27.3 Å². The molecule has 1 N–H and O–H groups in total. The van der Waals surface area contributed by atoms with E-state index in [4.69, 9.17) is 0 Å². The average molecular weight is 348 g/mol. The van der Waals surface area contributed by atoms with Crippen LogP contribution in [0.1, 0.15) is 15.9 Å². The lowest BCUT2D eigenvalue weighted by molar-refractivity contribution is 0.102. The van der Waals surface area contributed by atoms with E-state index in [2.05, 4.69) is 37.3 Å². The van der Waals surface area contributed by atoms with Gasteiger partial charge < -0.3 is 0 Å². The molecule has 4 nitrogen and oxygen atoms in total. The van der Waals surface area contributed by atoms with Crippen LogP contribution in [0.4, 0.5) is 5.13 Å². The number of fused-ring (bicyclic) bond motifs is 1. The summed E-state index contributed by atoms with van der Waals surface area (Å²) < 4.78 is 1.83. The lowest BCUT2D eigenvalue weighted by Gasteiger charge is -2.00. The Balaban J connectivity index is 1.87. The molecule has 0 radical (unpaired) electrons. The minimum atomic E-state index is -0.213. The Labute approximate surface area is 128 Å². The number of aryl methyl sites for hydroxylation is 1. The number of hydrogen-bond donors (Lipinski definition) is 1. The molecule has 3 aromatic rings. The number of nitrogens with one attached hydrogen (secondary N) is 1. The van der Waals surface area contributed by atoms with Crippen LogP contribution in [0.5, 0.6) is 0 Å². The number of benzene rings is 1. The van der Waals surface area contributed by atoms with Crippen molar-refractivity contribution >= 4 is 48.5 Å². The number of thiazole rings is 1. The van der Waals surface area contributed by atoms with Crippen molar-refractivity contribution in [1.82, 2.24) is 9.97 Å². The topological polar surface area (TPSA) is 54.9 Å². The highest BCUT2D eigenvalue weighted by Crippen LogP contribution is 2.27. The van der Waals surface area contributed by atoms with Crippen LogP contribution < -0.4 is 5.32 Å². The first kappa shape index (κ1) is 13.2. The number of rotatable bonds is 2. The van der Waals surface area contributed by atoms with Crippen molar-refractivity contribution in [3.8, 4) is 0 Å². The Bertz CT molecular complexity index is 800. The van der Waals surface area contributed by atoms with E-state index in [-0.39, 0.29) is 5.91 Å². The molecule has 1 aromatic carbocycles. The molecular weight excluding hydrogens is 338 g/mol. The molecule has 0 aliphatic rings. The molecule has 2 heterocycles. The summed E-state index contributed by atoms with van der Waals surface area (Å²) in [6.07, 6.45) is 3.16. The molecule has 0 spiro atoms. The number of hydrogen-bond acceptors (Lipinski definition) is 4. The van der Waals surface area contributed by atoms with Crippen molar-refractivity contribution in [2.75, 3.05) is 5.32 Å². The van der Waals surface area contributed by atoms with Gasteiger partial charge in [0.25, 0.3) is 5.91 Å². The van der Waals surface area contributed by atoms with Gasteiger partial charge in [-0.1, -0.05) is 17.4 Å².